The van der Waals surface area contributed by atoms with Crippen LogP contribution in [-0.2, 0) is 11.3 Å². The predicted octanol–water partition coefficient (Wildman–Crippen LogP) is 1.34. The number of aromatic amines is 1. The fourth-order valence-corrected chi connectivity index (χ4v) is 4.50. The van der Waals surface area contributed by atoms with E-state index in [2.05, 4.69) is 31.8 Å². The molecule has 0 bridgehead atoms. The lowest BCUT2D eigenvalue weighted by Crippen LogP contribution is -2.24. The molecular formula is C20H25N7O2. The summed E-state index contributed by atoms with van der Waals surface area (Å²) in [4.78, 5) is 31.2. The zero-order valence-corrected chi connectivity index (χ0v) is 16.5. The average molecular weight is 395 g/mol. The molecule has 2 fully saturated rings. The van der Waals surface area contributed by atoms with E-state index in [1.165, 1.54) is 0 Å². The second-order valence-corrected chi connectivity index (χ2v) is 8.08. The van der Waals surface area contributed by atoms with Gasteiger partial charge in [0.2, 0.25) is 0 Å². The highest BCUT2D eigenvalue weighted by atomic mass is 16.5. The summed E-state index contributed by atoms with van der Waals surface area (Å²) in [5.41, 5.74) is 0.383. The smallest absolute Gasteiger partial charge is 0.276 e. The van der Waals surface area contributed by atoms with Crippen molar-refractivity contribution < 1.29 is 4.74 Å². The number of likely N-dealkylation sites (tertiary alicyclic amines) is 1. The molecule has 5 heterocycles. The molecule has 0 amide bonds. The zero-order chi connectivity index (χ0) is 19.8. The summed E-state index contributed by atoms with van der Waals surface area (Å²) in [7, 11) is 0. The van der Waals surface area contributed by atoms with Gasteiger partial charge in [0.1, 0.15) is 17.5 Å². The highest BCUT2D eigenvalue weighted by molar-refractivity contribution is 5.42. The maximum atomic E-state index is 12.7. The van der Waals surface area contributed by atoms with E-state index in [0.717, 1.165) is 56.6 Å². The summed E-state index contributed by atoms with van der Waals surface area (Å²) in [6, 6.07) is 1.82. The molecule has 9 nitrogen and oxygen atoms in total. The van der Waals surface area contributed by atoms with Crippen molar-refractivity contribution in [2.24, 2.45) is 5.92 Å². The fraction of sp³-hybridized carbons (Fsp3) is 0.550. The normalized spacial score (nSPS) is 23.8. The van der Waals surface area contributed by atoms with Crippen molar-refractivity contribution in [3.05, 3.63) is 52.5 Å². The van der Waals surface area contributed by atoms with Crippen LogP contribution in [0.5, 0.6) is 0 Å². The largest absolute Gasteiger partial charge is 0.381 e. The Bertz CT molecular complexity index is 1040. The minimum atomic E-state index is -0.127. The molecule has 152 valence electrons. The van der Waals surface area contributed by atoms with Gasteiger partial charge >= 0.3 is 0 Å². The predicted molar refractivity (Wildman–Crippen MR) is 106 cm³/mol. The number of rotatable bonds is 4. The molecule has 5 rings (SSSR count). The molecule has 1 N–H and O–H groups in total. The van der Waals surface area contributed by atoms with Crippen molar-refractivity contribution in [2.75, 3.05) is 26.3 Å². The fourth-order valence-electron chi connectivity index (χ4n) is 4.50. The lowest BCUT2D eigenvalue weighted by molar-refractivity contribution is 0.0832. The minimum Gasteiger partial charge on any atom is -0.381 e. The maximum absolute atomic E-state index is 12.7. The van der Waals surface area contributed by atoms with E-state index >= 15 is 0 Å². The van der Waals surface area contributed by atoms with Crippen molar-refractivity contribution >= 4 is 5.52 Å². The number of imidazole rings is 1. The van der Waals surface area contributed by atoms with Crippen LogP contribution in [0.25, 0.3) is 5.52 Å². The summed E-state index contributed by atoms with van der Waals surface area (Å²) in [6.45, 7) is 6.09. The average Bonchev–Trinajstić information content (AvgIpc) is 3.33. The van der Waals surface area contributed by atoms with Crippen LogP contribution in [0.3, 0.4) is 0 Å². The lowest BCUT2D eigenvalue weighted by atomic mass is 9.97. The summed E-state index contributed by atoms with van der Waals surface area (Å²) >= 11 is 0. The van der Waals surface area contributed by atoms with Crippen LogP contribution in [0.2, 0.25) is 0 Å². The molecule has 2 atom stereocenters. The van der Waals surface area contributed by atoms with Gasteiger partial charge in [0.05, 0.1) is 12.7 Å². The lowest BCUT2D eigenvalue weighted by Gasteiger charge is -2.21. The number of hydrogen-bond acceptors (Lipinski definition) is 7. The molecule has 0 spiro atoms. The Morgan fingerprint density at radius 3 is 2.76 bits per heavy atom. The van der Waals surface area contributed by atoms with Crippen molar-refractivity contribution in [3.63, 3.8) is 0 Å². The Labute approximate surface area is 168 Å². The molecule has 2 saturated heterocycles. The Balaban J connectivity index is 1.43. The van der Waals surface area contributed by atoms with Crippen LogP contribution < -0.4 is 5.56 Å². The third kappa shape index (κ3) is 3.56. The minimum absolute atomic E-state index is 0.127. The first-order valence-corrected chi connectivity index (χ1v) is 10.2. The SMILES string of the molecule is C[C@@H]1CN(Cc2ncccn2)C[C@H]1c1nn2c(C3CCOCC3)ncc2c(=O)[nH]1. The Hall–Kier alpha value is -2.65. The van der Waals surface area contributed by atoms with E-state index in [9.17, 15) is 4.79 Å². The van der Waals surface area contributed by atoms with E-state index < -0.39 is 0 Å². The first kappa shape index (κ1) is 18.4. The van der Waals surface area contributed by atoms with E-state index in [4.69, 9.17) is 9.84 Å². The van der Waals surface area contributed by atoms with Gasteiger partial charge in [-0.15, -0.1) is 0 Å². The number of ether oxygens (including phenoxy) is 1. The van der Waals surface area contributed by atoms with Crippen molar-refractivity contribution in [1.82, 2.24) is 34.4 Å². The van der Waals surface area contributed by atoms with Gasteiger partial charge in [0.15, 0.2) is 5.52 Å². The molecule has 3 aromatic heterocycles. The summed E-state index contributed by atoms with van der Waals surface area (Å²) in [6.07, 6.45) is 6.99. The molecule has 29 heavy (non-hydrogen) atoms. The van der Waals surface area contributed by atoms with Crippen LogP contribution >= 0.6 is 0 Å². The molecule has 9 heteroatoms. The first-order chi connectivity index (χ1) is 14.2. The van der Waals surface area contributed by atoms with Crippen molar-refractivity contribution in [2.45, 2.75) is 38.1 Å². The van der Waals surface area contributed by atoms with Gasteiger partial charge in [-0.05, 0) is 24.8 Å². The van der Waals surface area contributed by atoms with E-state index in [-0.39, 0.29) is 17.4 Å². The van der Waals surface area contributed by atoms with E-state index in [1.54, 1.807) is 23.1 Å². The van der Waals surface area contributed by atoms with Gasteiger partial charge < -0.3 is 9.72 Å². The van der Waals surface area contributed by atoms with Gasteiger partial charge in [-0.2, -0.15) is 5.10 Å². The van der Waals surface area contributed by atoms with Crippen molar-refractivity contribution in [3.8, 4) is 0 Å². The van der Waals surface area contributed by atoms with Gasteiger partial charge in [0.25, 0.3) is 5.56 Å². The molecule has 0 saturated carbocycles. The van der Waals surface area contributed by atoms with Crippen LogP contribution in [0, 0.1) is 5.92 Å². The highest BCUT2D eigenvalue weighted by Gasteiger charge is 2.33. The quantitative estimate of drug-likeness (QED) is 0.711. The van der Waals surface area contributed by atoms with E-state index in [1.807, 2.05) is 6.07 Å². The Kier molecular flexibility index (Phi) is 4.84. The highest BCUT2D eigenvalue weighted by Crippen LogP contribution is 2.31. The molecule has 0 unspecified atom stereocenters. The molecule has 3 aromatic rings. The summed E-state index contributed by atoms with van der Waals surface area (Å²) < 4.78 is 7.24. The third-order valence-corrected chi connectivity index (χ3v) is 6.06. The summed E-state index contributed by atoms with van der Waals surface area (Å²) in [5, 5.41) is 4.84. The Morgan fingerprint density at radius 2 is 1.97 bits per heavy atom. The first-order valence-electron chi connectivity index (χ1n) is 10.2. The maximum Gasteiger partial charge on any atom is 0.276 e. The Morgan fingerprint density at radius 1 is 1.17 bits per heavy atom. The number of hydrogen-bond donors (Lipinski definition) is 1. The van der Waals surface area contributed by atoms with Crippen LogP contribution in [0.1, 0.15) is 49.1 Å². The van der Waals surface area contributed by atoms with E-state index in [0.29, 0.717) is 18.0 Å². The van der Waals surface area contributed by atoms with Gasteiger partial charge in [-0.25, -0.2) is 19.5 Å². The molecular weight excluding hydrogens is 370 g/mol. The standard InChI is InChI=1S/C20H25N7O2/c1-13-10-26(12-17-21-5-2-6-22-17)11-15(13)18-24-20(28)16-9-23-19(27(16)25-18)14-3-7-29-8-4-14/h2,5-6,9,13-15H,3-4,7-8,10-12H2,1H3,(H,24,25,28)/t13-,15-/m1/s1. The molecule has 2 aliphatic heterocycles. The van der Waals surface area contributed by atoms with Gasteiger partial charge in [-0.3, -0.25) is 9.69 Å². The number of nitrogens with zero attached hydrogens (tertiary/aromatic N) is 6. The number of aromatic nitrogens is 6. The van der Waals surface area contributed by atoms with Crippen molar-refractivity contribution in [1.29, 1.82) is 0 Å². The molecule has 0 aliphatic carbocycles. The molecule has 0 aromatic carbocycles. The number of H-pyrrole nitrogens is 1. The van der Waals surface area contributed by atoms with Crippen LogP contribution in [-0.4, -0.2) is 60.8 Å². The second-order valence-electron chi connectivity index (χ2n) is 8.08. The summed E-state index contributed by atoms with van der Waals surface area (Å²) in [5.74, 6) is 3.22. The van der Waals surface area contributed by atoms with Gasteiger partial charge in [-0.1, -0.05) is 6.92 Å². The van der Waals surface area contributed by atoms with Crippen LogP contribution in [0.15, 0.2) is 29.5 Å². The molecule has 0 radical (unpaired) electrons. The van der Waals surface area contributed by atoms with Gasteiger partial charge in [0, 0.05) is 50.5 Å². The number of fused-ring (bicyclic) bond motifs is 1. The topological polar surface area (TPSA) is 101 Å². The number of nitrogens with one attached hydrogen (secondary N) is 1. The zero-order valence-electron chi connectivity index (χ0n) is 16.5. The monoisotopic (exact) mass is 395 g/mol. The second kappa shape index (κ2) is 7.64. The molecule has 2 aliphatic rings. The van der Waals surface area contributed by atoms with Crippen LogP contribution in [0.4, 0.5) is 0 Å². The third-order valence-electron chi connectivity index (χ3n) is 6.06.